The molecule has 0 aliphatic heterocycles. The molecule has 82 valence electrons. The first-order chi connectivity index (χ1) is 6.70. The predicted octanol–water partition coefficient (Wildman–Crippen LogP) is 2.19. The zero-order valence-corrected chi connectivity index (χ0v) is 9.89. The molecule has 0 aromatic heterocycles. The van der Waals surface area contributed by atoms with Gasteiger partial charge in [0.05, 0.1) is 5.60 Å². The van der Waals surface area contributed by atoms with Gasteiger partial charge in [0.15, 0.2) is 0 Å². The molecule has 0 aliphatic rings. The van der Waals surface area contributed by atoms with Crippen LogP contribution in [0.1, 0.15) is 39.5 Å². The normalized spacial score (nSPS) is 13.6. The minimum absolute atomic E-state index is 0.0639. The molecule has 0 saturated carbocycles. The van der Waals surface area contributed by atoms with Crippen molar-refractivity contribution in [2.24, 2.45) is 0 Å². The number of likely N-dealkylation sites (N-methyl/N-ethyl adjacent to an activating group) is 1. The van der Waals surface area contributed by atoms with Gasteiger partial charge in [-0.05, 0) is 26.3 Å². The predicted molar refractivity (Wildman–Crippen MR) is 61.2 cm³/mol. The van der Waals surface area contributed by atoms with Crippen LogP contribution in [-0.2, 0) is 4.74 Å². The van der Waals surface area contributed by atoms with Crippen LogP contribution in [0.25, 0.3) is 0 Å². The third-order valence-corrected chi connectivity index (χ3v) is 3.16. The van der Waals surface area contributed by atoms with Gasteiger partial charge in [-0.1, -0.05) is 13.8 Å². The van der Waals surface area contributed by atoms with Gasteiger partial charge < -0.3 is 10.1 Å². The summed E-state index contributed by atoms with van der Waals surface area (Å²) in [7, 11) is 3.76. The van der Waals surface area contributed by atoms with E-state index in [1.807, 2.05) is 7.05 Å². The van der Waals surface area contributed by atoms with Crippen LogP contribution in [0.2, 0.25) is 0 Å². The lowest BCUT2D eigenvalue weighted by Gasteiger charge is -2.38. The smallest absolute Gasteiger partial charge is 0.0825 e. The molecule has 0 fully saturated rings. The summed E-state index contributed by atoms with van der Waals surface area (Å²) in [6.45, 7) is 4.32. The van der Waals surface area contributed by atoms with Crippen molar-refractivity contribution < 1.29 is 4.74 Å². The molecule has 1 unspecified atom stereocenters. The second kappa shape index (κ2) is 6.86. The maximum atomic E-state index is 5.66. The fourth-order valence-corrected chi connectivity index (χ4v) is 2.07. The van der Waals surface area contributed by atoms with E-state index in [4.69, 9.17) is 11.2 Å². The first-order valence-electron chi connectivity index (χ1n) is 5.36. The summed E-state index contributed by atoms with van der Waals surface area (Å²) in [4.78, 5) is 0. The molecule has 0 radical (unpaired) electrons. The third kappa shape index (κ3) is 3.01. The van der Waals surface area contributed by atoms with Crippen molar-refractivity contribution in [3.05, 3.63) is 0 Å². The molecule has 14 heavy (non-hydrogen) atoms. The zero-order chi connectivity index (χ0) is 11.0. The summed E-state index contributed by atoms with van der Waals surface area (Å²) in [5, 5.41) is 3.31. The Morgan fingerprint density at radius 2 is 2.00 bits per heavy atom. The summed E-state index contributed by atoms with van der Waals surface area (Å²) in [6.07, 6.45) is 9.08. The molecule has 0 spiro atoms. The minimum Gasteiger partial charge on any atom is -0.377 e. The van der Waals surface area contributed by atoms with E-state index in [-0.39, 0.29) is 5.60 Å². The Balaban J connectivity index is 4.49. The lowest BCUT2D eigenvalue weighted by atomic mass is 9.85. The maximum absolute atomic E-state index is 5.66. The lowest BCUT2D eigenvalue weighted by molar-refractivity contribution is -0.0472. The first-order valence-corrected chi connectivity index (χ1v) is 5.36. The molecule has 1 N–H and O–H groups in total. The average molecular weight is 197 g/mol. The topological polar surface area (TPSA) is 21.3 Å². The van der Waals surface area contributed by atoms with Crippen LogP contribution in [0.15, 0.2) is 0 Å². The minimum atomic E-state index is -0.0639. The molecule has 0 bridgehead atoms. The molecule has 0 aromatic carbocycles. The Bertz CT molecular complexity index is 171. The molecule has 0 rings (SSSR count). The number of hydrogen-bond acceptors (Lipinski definition) is 2. The summed E-state index contributed by atoms with van der Waals surface area (Å²) < 4.78 is 5.66. The van der Waals surface area contributed by atoms with E-state index in [9.17, 15) is 0 Å². The molecular weight excluding hydrogens is 174 g/mol. The number of hydrogen-bond donors (Lipinski definition) is 1. The van der Waals surface area contributed by atoms with Crippen molar-refractivity contribution in [2.45, 2.75) is 51.2 Å². The van der Waals surface area contributed by atoms with Gasteiger partial charge in [0, 0.05) is 19.6 Å². The van der Waals surface area contributed by atoms with E-state index in [0.717, 1.165) is 25.7 Å². The first kappa shape index (κ1) is 13.5. The van der Waals surface area contributed by atoms with Crippen LogP contribution in [0.5, 0.6) is 0 Å². The highest BCUT2D eigenvalue weighted by atomic mass is 16.5. The van der Waals surface area contributed by atoms with Crippen molar-refractivity contribution in [2.75, 3.05) is 14.2 Å². The van der Waals surface area contributed by atoms with Crippen LogP contribution in [0.4, 0.5) is 0 Å². The van der Waals surface area contributed by atoms with E-state index in [1.54, 1.807) is 7.11 Å². The Kier molecular flexibility index (Phi) is 6.61. The largest absolute Gasteiger partial charge is 0.377 e. The van der Waals surface area contributed by atoms with E-state index in [0.29, 0.717) is 6.04 Å². The second-order valence-electron chi connectivity index (χ2n) is 3.56. The summed E-state index contributed by atoms with van der Waals surface area (Å²) in [5.41, 5.74) is -0.0639. The Morgan fingerprint density at radius 1 is 1.43 bits per heavy atom. The molecule has 0 amide bonds. The van der Waals surface area contributed by atoms with Gasteiger partial charge >= 0.3 is 0 Å². The van der Waals surface area contributed by atoms with Crippen LogP contribution < -0.4 is 5.32 Å². The summed E-state index contributed by atoms with van der Waals surface area (Å²) >= 11 is 0. The van der Waals surface area contributed by atoms with Crippen LogP contribution in [0.3, 0.4) is 0 Å². The molecule has 2 heteroatoms. The summed E-state index contributed by atoms with van der Waals surface area (Å²) in [6, 6.07) is 0.346. The Labute approximate surface area is 88.4 Å². The Hall–Kier alpha value is -0.520. The molecule has 0 aromatic rings. The van der Waals surface area contributed by atoms with Gasteiger partial charge in [0.1, 0.15) is 0 Å². The fourth-order valence-electron chi connectivity index (χ4n) is 2.07. The number of rotatable bonds is 7. The number of terminal acetylenes is 1. The zero-order valence-electron chi connectivity index (χ0n) is 9.89. The van der Waals surface area contributed by atoms with E-state index < -0.39 is 0 Å². The van der Waals surface area contributed by atoms with Crippen LogP contribution in [0, 0.1) is 12.3 Å². The monoisotopic (exact) mass is 197 g/mol. The second-order valence-corrected chi connectivity index (χ2v) is 3.56. The quantitative estimate of drug-likeness (QED) is 0.632. The van der Waals surface area contributed by atoms with Crippen LogP contribution in [-0.4, -0.2) is 25.8 Å². The third-order valence-electron chi connectivity index (χ3n) is 3.16. The van der Waals surface area contributed by atoms with Gasteiger partial charge in [-0.15, -0.1) is 12.3 Å². The molecule has 0 saturated heterocycles. The standard InChI is InChI=1S/C12H23NO/c1-6-9-10-11(13-4)12(7-2,8-3)14-5/h1,11,13H,7-10H2,2-5H3. The number of ether oxygens (including phenoxy) is 1. The summed E-state index contributed by atoms with van der Waals surface area (Å²) in [5.74, 6) is 2.68. The fraction of sp³-hybridized carbons (Fsp3) is 0.833. The average Bonchev–Trinajstić information content (AvgIpc) is 2.25. The molecule has 0 aliphatic carbocycles. The van der Waals surface area contributed by atoms with E-state index in [2.05, 4.69) is 25.1 Å². The number of methoxy groups -OCH3 is 1. The van der Waals surface area contributed by atoms with Crippen molar-refractivity contribution in [1.82, 2.24) is 5.32 Å². The SMILES string of the molecule is C#CCCC(NC)C(CC)(CC)OC. The number of nitrogens with one attached hydrogen (secondary N) is 1. The highest BCUT2D eigenvalue weighted by Gasteiger charge is 2.34. The van der Waals surface area contributed by atoms with Gasteiger partial charge in [-0.2, -0.15) is 0 Å². The highest BCUT2D eigenvalue weighted by molar-refractivity contribution is 4.94. The van der Waals surface area contributed by atoms with Gasteiger partial charge in [-0.3, -0.25) is 0 Å². The molecule has 0 heterocycles. The van der Waals surface area contributed by atoms with Gasteiger partial charge in [0.2, 0.25) is 0 Å². The lowest BCUT2D eigenvalue weighted by Crippen LogP contribution is -2.50. The van der Waals surface area contributed by atoms with Crippen molar-refractivity contribution in [1.29, 1.82) is 0 Å². The highest BCUT2D eigenvalue weighted by Crippen LogP contribution is 2.26. The van der Waals surface area contributed by atoms with E-state index in [1.165, 1.54) is 0 Å². The van der Waals surface area contributed by atoms with Gasteiger partial charge in [-0.25, -0.2) is 0 Å². The van der Waals surface area contributed by atoms with Gasteiger partial charge in [0.25, 0.3) is 0 Å². The molecule has 2 nitrogen and oxygen atoms in total. The van der Waals surface area contributed by atoms with Crippen molar-refractivity contribution >= 4 is 0 Å². The Morgan fingerprint density at radius 3 is 2.29 bits per heavy atom. The molecular formula is C12H23NO. The van der Waals surface area contributed by atoms with Crippen LogP contribution >= 0.6 is 0 Å². The van der Waals surface area contributed by atoms with Crippen molar-refractivity contribution in [3.63, 3.8) is 0 Å². The molecule has 1 atom stereocenters. The van der Waals surface area contributed by atoms with E-state index >= 15 is 0 Å². The van der Waals surface area contributed by atoms with Crippen molar-refractivity contribution in [3.8, 4) is 12.3 Å². The maximum Gasteiger partial charge on any atom is 0.0825 e.